The van der Waals surface area contributed by atoms with Crippen molar-refractivity contribution < 1.29 is 5.11 Å². The van der Waals surface area contributed by atoms with E-state index >= 15 is 0 Å². The van der Waals surface area contributed by atoms with Crippen LogP contribution in [0.5, 0.6) is 5.75 Å². The second kappa shape index (κ2) is 4.71. The summed E-state index contributed by atoms with van der Waals surface area (Å²) in [6.07, 6.45) is 0.912. The van der Waals surface area contributed by atoms with Crippen molar-refractivity contribution in [2.75, 3.05) is 6.54 Å². The molecule has 0 unspecified atom stereocenters. The third kappa shape index (κ3) is 2.01. The van der Waals surface area contributed by atoms with E-state index in [-0.39, 0.29) is 22.7 Å². The first-order valence-electron chi connectivity index (χ1n) is 4.09. The van der Waals surface area contributed by atoms with Crippen LogP contribution < -0.4 is 5.32 Å². The highest BCUT2D eigenvalue weighted by molar-refractivity contribution is 8.93. The molecule has 0 amide bonds. The number of benzene rings is 1. The van der Waals surface area contributed by atoms with Crippen molar-refractivity contribution in [2.45, 2.75) is 13.0 Å². The van der Waals surface area contributed by atoms with Crippen molar-refractivity contribution in [3.63, 3.8) is 0 Å². The van der Waals surface area contributed by atoms with Gasteiger partial charge in [-0.1, -0.05) is 23.2 Å². The molecule has 1 aliphatic heterocycles. The first kappa shape index (κ1) is 12.1. The molecule has 0 aliphatic carbocycles. The van der Waals surface area contributed by atoms with Crippen LogP contribution in [0.25, 0.3) is 0 Å². The summed E-state index contributed by atoms with van der Waals surface area (Å²) in [5.74, 6) is -0.00853. The summed E-state index contributed by atoms with van der Waals surface area (Å²) >= 11 is 11.7. The molecular weight excluding hydrogens is 289 g/mol. The number of hydrogen-bond donors (Lipinski definition) is 2. The molecule has 1 aromatic rings. The summed E-state index contributed by atoms with van der Waals surface area (Å²) < 4.78 is 0. The second-order valence-corrected chi connectivity index (χ2v) is 3.87. The number of aromatic hydroxyl groups is 1. The number of fused-ring (bicyclic) bond motifs is 1. The summed E-state index contributed by atoms with van der Waals surface area (Å²) in [5, 5.41) is 13.4. The van der Waals surface area contributed by atoms with E-state index in [2.05, 4.69) is 5.32 Å². The van der Waals surface area contributed by atoms with Gasteiger partial charge in [-0.05, 0) is 30.2 Å². The monoisotopic (exact) mass is 297 g/mol. The van der Waals surface area contributed by atoms with Crippen molar-refractivity contribution >= 4 is 40.2 Å². The molecular formula is C9H10BrCl2NO. The molecule has 1 heterocycles. The Morgan fingerprint density at radius 3 is 2.79 bits per heavy atom. The molecule has 0 spiro atoms. The minimum atomic E-state index is -0.00853. The largest absolute Gasteiger partial charge is 0.505 e. The lowest BCUT2D eigenvalue weighted by atomic mass is 10.0. The molecule has 2 N–H and O–H groups in total. The number of phenolic OH excluding ortho intramolecular Hbond substituents is 1. The van der Waals surface area contributed by atoms with Gasteiger partial charge in [0.05, 0.1) is 10.0 Å². The van der Waals surface area contributed by atoms with Gasteiger partial charge in [0, 0.05) is 6.54 Å². The van der Waals surface area contributed by atoms with Crippen LogP contribution in [-0.2, 0) is 13.0 Å². The van der Waals surface area contributed by atoms with Crippen molar-refractivity contribution in [2.24, 2.45) is 0 Å². The molecule has 0 saturated heterocycles. The minimum Gasteiger partial charge on any atom is -0.505 e. The fraction of sp³-hybridized carbons (Fsp3) is 0.333. The number of nitrogens with one attached hydrogen (secondary N) is 1. The zero-order valence-electron chi connectivity index (χ0n) is 7.31. The van der Waals surface area contributed by atoms with Crippen LogP contribution in [0.15, 0.2) is 6.07 Å². The van der Waals surface area contributed by atoms with E-state index in [9.17, 15) is 5.11 Å². The molecule has 1 aliphatic rings. The van der Waals surface area contributed by atoms with E-state index in [4.69, 9.17) is 23.2 Å². The summed E-state index contributed by atoms with van der Waals surface area (Å²) in [7, 11) is 0. The van der Waals surface area contributed by atoms with E-state index in [0.29, 0.717) is 16.6 Å². The Morgan fingerprint density at radius 1 is 1.36 bits per heavy atom. The maximum atomic E-state index is 9.47. The zero-order valence-corrected chi connectivity index (χ0v) is 10.5. The summed E-state index contributed by atoms with van der Waals surface area (Å²) in [5.41, 5.74) is 2.10. The van der Waals surface area contributed by atoms with Gasteiger partial charge in [0.2, 0.25) is 0 Å². The minimum absolute atomic E-state index is 0. The van der Waals surface area contributed by atoms with Crippen molar-refractivity contribution in [3.05, 3.63) is 27.2 Å². The van der Waals surface area contributed by atoms with Crippen molar-refractivity contribution in [1.82, 2.24) is 5.32 Å². The van der Waals surface area contributed by atoms with Gasteiger partial charge >= 0.3 is 0 Å². The van der Waals surface area contributed by atoms with Crippen LogP contribution in [0.3, 0.4) is 0 Å². The standard InChI is InChI=1S/C9H9Cl2NO.BrH/c10-7-3-5-1-2-12-4-6(5)8(11)9(7)13;/h3,12-13H,1-2,4H2;1H. The average Bonchev–Trinajstić information content (AvgIpc) is 2.15. The lowest BCUT2D eigenvalue weighted by Gasteiger charge is -2.19. The van der Waals surface area contributed by atoms with E-state index in [1.807, 2.05) is 0 Å². The molecule has 0 fully saturated rings. The molecule has 0 atom stereocenters. The third-order valence-corrected chi connectivity index (χ3v) is 2.96. The Bertz CT molecular complexity index is 357. The molecule has 78 valence electrons. The lowest BCUT2D eigenvalue weighted by Crippen LogP contribution is -2.23. The van der Waals surface area contributed by atoms with Crippen LogP contribution in [0.2, 0.25) is 10.0 Å². The van der Waals surface area contributed by atoms with Gasteiger partial charge in [-0.3, -0.25) is 0 Å². The van der Waals surface area contributed by atoms with Crippen LogP contribution in [-0.4, -0.2) is 11.7 Å². The quantitative estimate of drug-likeness (QED) is 0.772. The number of halogens is 3. The Labute approximate surface area is 103 Å². The summed E-state index contributed by atoms with van der Waals surface area (Å²) in [6.45, 7) is 1.64. The molecule has 0 bridgehead atoms. The summed E-state index contributed by atoms with van der Waals surface area (Å²) in [4.78, 5) is 0. The number of rotatable bonds is 0. The first-order valence-corrected chi connectivity index (χ1v) is 4.85. The SMILES string of the molecule is Br.Oc1c(Cl)cc2c(c1Cl)CNCC2. The van der Waals surface area contributed by atoms with Crippen LogP contribution in [0.1, 0.15) is 11.1 Å². The predicted molar refractivity (Wildman–Crippen MR) is 63.9 cm³/mol. The van der Waals surface area contributed by atoms with E-state index < -0.39 is 0 Å². The second-order valence-electron chi connectivity index (χ2n) is 3.09. The van der Waals surface area contributed by atoms with Gasteiger partial charge in [0.1, 0.15) is 0 Å². The highest BCUT2D eigenvalue weighted by Crippen LogP contribution is 2.37. The predicted octanol–water partition coefficient (Wildman–Crippen LogP) is 2.92. The molecule has 0 saturated carbocycles. The van der Waals surface area contributed by atoms with Gasteiger partial charge in [-0.25, -0.2) is 0 Å². The Kier molecular flexibility index (Phi) is 4.07. The van der Waals surface area contributed by atoms with E-state index in [1.54, 1.807) is 6.07 Å². The Morgan fingerprint density at radius 2 is 2.07 bits per heavy atom. The van der Waals surface area contributed by atoms with E-state index in [0.717, 1.165) is 24.1 Å². The Hall–Kier alpha value is 0.0400. The van der Waals surface area contributed by atoms with Gasteiger partial charge in [0.15, 0.2) is 5.75 Å². The van der Waals surface area contributed by atoms with Gasteiger partial charge in [-0.15, -0.1) is 17.0 Å². The fourth-order valence-electron chi connectivity index (χ4n) is 1.55. The molecule has 5 heteroatoms. The highest BCUT2D eigenvalue weighted by atomic mass is 79.9. The van der Waals surface area contributed by atoms with Crippen molar-refractivity contribution in [3.8, 4) is 5.75 Å². The van der Waals surface area contributed by atoms with Crippen LogP contribution in [0, 0.1) is 0 Å². The number of phenols is 1. The van der Waals surface area contributed by atoms with E-state index in [1.165, 1.54) is 0 Å². The smallest absolute Gasteiger partial charge is 0.153 e. The molecule has 0 aromatic heterocycles. The van der Waals surface area contributed by atoms with Gasteiger partial charge in [0.25, 0.3) is 0 Å². The third-order valence-electron chi connectivity index (χ3n) is 2.26. The lowest BCUT2D eigenvalue weighted by molar-refractivity contribution is 0.473. The zero-order chi connectivity index (χ0) is 9.42. The molecule has 2 rings (SSSR count). The number of hydrogen-bond acceptors (Lipinski definition) is 2. The summed E-state index contributed by atoms with van der Waals surface area (Å²) in [6, 6.07) is 1.79. The normalized spacial score (nSPS) is 14.4. The average molecular weight is 299 g/mol. The molecule has 0 radical (unpaired) electrons. The highest BCUT2D eigenvalue weighted by Gasteiger charge is 2.17. The van der Waals surface area contributed by atoms with Gasteiger partial charge in [-0.2, -0.15) is 0 Å². The first-order chi connectivity index (χ1) is 6.20. The Balaban J connectivity index is 0.000000980. The maximum absolute atomic E-state index is 9.47. The molecule has 1 aromatic carbocycles. The van der Waals surface area contributed by atoms with Crippen molar-refractivity contribution in [1.29, 1.82) is 0 Å². The maximum Gasteiger partial charge on any atom is 0.153 e. The van der Waals surface area contributed by atoms with Crippen LogP contribution in [0.4, 0.5) is 0 Å². The fourth-order valence-corrected chi connectivity index (χ4v) is 2.11. The van der Waals surface area contributed by atoms with Gasteiger partial charge < -0.3 is 10.4 Å². The molecule has 14 heavy (non-hydrogen) atoms. The van der Waals surface area contributed by atoms with Crippen LogP contribution >= 0.6 is 40.2 Å². The molecule has 2 nitrogen and oxygen atoms in total. The topological polar surface area (TPSA) is 32.3 Å².